The quantitative estimate of drug-likeness (QED) is 0.520. The second-order valence-corrected chi connectivity index (χ2v) is 7.29. The molecular weight excluding hydrogens is 380 g/mol. The molecule has 9 nitrogen and oxygen atoms in total. The van der Waals surface area contributed by atoms with Gasteiger partial charge in [0.25, 0.3) is 5.89 Å². The van der Waals surface area contributed by atoms with E-state index in [0.29, 0.717) is 17.5 Å². The van der Waals surface area contributed by atoms with Crippen LogP contribution in [0.1, 0.15) is 18.4 Å². The van der Waals surface area contributed by atoms with Crippen LogP contribution in [-0.2, 0) is 6.42 Å². The zero-order chi connectivity index (χ0) is 20.5. The molecule has 4 aromatic rings. The van der Waals surface area contributed by atoms with Gasteiger partial charge in [0.1, 0.15) is 5.69 Å². The van der Waals surface area contributed by atoms with E-state index in [4.69, 9.17) is 10.3 Å². The highest BCUT2D eigenvalue weighted by atomic mass is 16.5. The van der Waals surface area contributed by atoms with Gasteiger partial charge in [-0.25, -0.2) is 0 Å². The molecule has 0 spiro atoms. The molecule has 0 atom stereocenters. The van der Waals surface area contributed by atoms with E-state index in [-0.39, 0.29) is 17.6 Å². The number of anilines is 3. The highest BCUT2D eigenvalue weighted by Gasteiger charge is 2.25. The van der Waals surface area contributed by atoms with E-state index in [1.54, 1.807) is 6.20 Å². The monoisotopic (exact) mass is 400 g/mol. The first-order chi connectivity index (χ1) is 14.7. The number of nitrogens with two attached hydrogens (primary N) is 1. The Morgan fingerprint density at radius 3 is 2.63 bits per heavy atom. The van der Waals surface area contributed by atoms with Crippen LogP contribution in [-0.4, -0.2) is 37.1 Å². The molecular formula is C21H20N8O. The maximum Gasteiger partial charge on any atom is 0.277 e. The molecule has 3 aromatic heterocycles. The third kappa shape index (κ3) is 3.69. The first-order valence-electron chi connectivity index (χ1n) is 9.76. The van der Waals surface area contributed by atoms with Crippen molar-refractivity contribution in [1.29, 1.82) is 0 Å². The number of rotatable bonds is 6. The fourth-order valence-corrected chi connectivity index (χ4v) is 3.24. The van der Waals surface area contributed by atoms with Gasteiger partial charge in [0.15, 0.2) is 0 Å². The van der Waals surface area contributed by atoms with E-state index in [0.717, 1.165) is 23.6 Å². The van der Waals surface area contributed by atoms with E-state index in [9.17, 15) is 0 Å². The van der Waals surface area contributed by atoms with Crippen LogP contribution in [0.4, 0.5) is 17.6 Å². The summed E-state index contributed by atoms with van der Waals surface area (Å²) in [5.41, 5.74) is 8.65. The van der Waals surface area contributed by atoms with Crippen LogP contribution in [0.25, 0.3) is 23.2 Å². The van der Waals surface area contributed by atoms with Gasteiger partial charge in [-0.05, 0) is 48.9 Å². The lowest BCUT2D eigenvalue weighted by Crippen LogP contribution is -2.15. The van der Waals surface area contributed by atoms with Crippen LogP contribution in [0.5, 0.6) is 0 Å². The molecule has 2 N–H and O–H groups in total. The highest BCUT2D eigenvalue weighted by molar-refractivity contribution is 5.60. The van der Waals surface area contributed by atoms with Gasteiger partial charge < -0.3 is 15.2 Å². The minimum atomic E-state index is 0.0800. The zero-order valence-corrected chi connectivity index (χ0v) is 16.4. The Balaban J connectivity index is 1.48. The number of hydrogen-bond acceptors (Lipinski definition) is 9. The van der Waals surface area contributed by atoms with E-state index in [2.05, 4.69) is 36.1 Å². The third-order valence-electron chi connectivity index (χ3n) is 5.01. The van der Waals surface area contributed by atoms with Crippen molar-refractivity contribution >= 4 is 17.6 Å². The number of hydrogen-bond donors (Lipinski definition) is 1. The molecule has 9 heteroatoms. The topological polar surface area (TPSA) is 120 Å². The van der Waals surface area contributed by atoms with Gasteiger partial charge in [-0.3, -0.25) is 4.98 Å². The van der Waals surface area contributed by atoms with Gasteiger partial charge in [0.05, 0.1) is 0 Å². The van der Waals surface area contributed by atoms with Crippen LogP contribution < -0.4 is 10.6 Å². The van der Waals surface area contributed by atoms with Crippen molar-refractivity contribution < 1.29 is 4.52 Å². The summed E-state index contributed by atoms with van der Waals surface area (Å²) in [4.78, 5) is 23.7. The lowest BCUT2D eigenvalue weighted by atomic mass is 10.1. The molecule has 0 saturated heterocycles. The van der Waals surface area contributed by atoms with Crippen molar-refractivity contribution in [2.24, 2.45) is 5.92 Å². The summed E-state index contributed by atoms with van der Waals surface area (Å²) < 4.78 is 5.49. The molecule has 1 aliphatic rings. The van der Waals surface area contributed by atoms with Crippen molar-refractivity contribution in [3.05, 3.63) is 54.2 Å². The van der Waals surface area contributed by atoms with Gasteiger partial charge in [0.2, 0.25) is 23.5 Å². The first kappa shape index (κ1) is 18.2. The van der Waals surface area contributed by atoms with Crippen LogP contribution in [0, 0.1) is 5.92 Å². The summed E-state index contributed by atoms with van der Waals surface area (Å²) in [6.07, 6.45) is 5.20. The molecule has 1 saturated carbocycles. The molecule has 0 radical (unpaired) electrons. The van der Waals surface area contributed by atoms with Gasteiger partial charge in [-0.2, -0.15) is 19.9 Å². The summed E-state index contributed by atoms with van der Waals surface area (Å²) in [6, 6.07) is 13.7. The Morgan fingerprint density at radius 1 is 1.00 bits per heavy atom. The van der Waals surface area contributed by atoms with Crippen molar-refractivity contribution in [1.82, 2.24) is 30.1 Å². The number of nitrogens with zero attached hydrogens (tertiary/aromatic N) is 7. The van der Waals surface area contributed by atoms with Crippen LogP contribution in [0.15, 0.2) is 53.2 Å². The summed E-state index contributed by atoms with van der Waals surface area (Å²) in [7, 11) is 1.85. The Hall–Kier alpha value is -3.88. The Bertz CT molecular complexity index is 1170. The number of nitrogen functional groups attached to an aromatic ring is 1. The normalized spacial score (nSPS) is 13.4. The molecule has 1 fully saturated rings. The van der Waals surface area contributed by atoms with Gasteiger partial charge in [-0.15, -0.1) is 0 Å². The van der Waals surface area contributed by atoms with Crippen molar-refractivity contribution in [3.63, 3.8) is 0 Å². The Kier molecular flexibility index (Phi) is 4.55. The SMILES string of the molecule is CN(c1ccccc1)c1nc(N)nc(-c2noc(-c3ncccc3CC3CC3)n2)n1. The Labute approximate surface area is 173 Å². The maximum absolute atomic E-state index is 5.93. The number of benzene rings is 1. The van der Waals surface area contributed by atoms with Gasteiger partial charge in [0, 0.05) is 18.9 Å². The van der Waals surface area contributed by atoms with E-state index >= 15 is 0 Å². The largest absolute Gasteiger partial charge is 0.368 e. The molecule has 0 unspecified atom stereocenters. The average Bonchev–Trinajstić information content (AvgIpc) is 3.45. The molecule has 5 rings (SSSR count). The summed E-state index contributed by atoms with van der Waals surface area (Å²) in [5.74, 6) is 2.02. The molecule has 0 aliphatic heterocycles. The second-order valence-electron chi connectivity index (χ2n) is 7.29. The molecule has 30 heavy (non-hydrogen) atoms. The van der Waals surface area contributed by atoms with Crippen molar-refractivity contribution in [2.45, 2.75) is 19.3 Å². The van der Waals surface area contributed by atoms with E-state index < -0.39 is 0 Å². The molecule has 150 valence electrons. The predicted molar refractivity (Wildman–Crippen MR) is 112 cm³/mol. The fraction of sp³-hybridized carbons (Fsp3) is 0.238. The molecule has 1 aromatic carbocycles. The molecule has 3 heterocycles. The van der Waals surface area contributed by atoms with E-state index in [1.165, 1.54) is 12.8 Å². The zero-order valence-electron chi connectivity index (χ0n) is 16.4. The van der Waals surface area contributed by atoms with Crippen LogP contribution in [0.2, 0.25) is 0 Å². The second kappa shape index (κ2) is 7.51. The highest BCUT2D eigenvalue weighted by Crippen LogP contribution is 2.35. The van der Waals surface area contributed by atoms with Crippen molar-refractivity contribution in [3.8, 4) is 23.2 Å². The number of aromatic nitrogens is 6. The lowest BCUT2D eigenvalue weighted by Gasteiger charge is -2.17. The minimum absolute atomic E-state index is 0.0800. The van der Waals surface area contributed by atoms with E-state index in [1.807, 2.05) is 48.3 Å². The summed E-state index contributed by atoms with van der Waals surface area (Å²) in [6.45, 7) is 0. The van der Waals surface area contributed by atoms with Crippen LogP contribution in [0.3, 0.4) is 0 Å². The average molecular weight is 400 g/mol. The van der Waals surface area contributed by atoms with Gasteiger partial charge >= 0.3 is 0 Å². The standard InChI is InChI=1S/C21H20N8O/c1-29(15-7-3-2-4-8-15)21-26-17(25-20(22)27-21)18-24-19(30-28-18)16-14(6-5-11-23-16)12-13-9-10-13/h2-8,11,13H,9-10,12H2,1H3,(H2,22,25,26,27). The molecule has 0 amide bonds. The predicted octanol–water partition coefficient (Wildman–Crippen LogP) is 3.29. The molecule has 0 bridgehead atoms. The first-order valence-corrected chi connectivity index (χ1v) is 9.76. The summed E-state index contributed by atoms with van der Waals surface area (Å²) in [5, 5.41) is 4.06. The fourth-order valence-electron chi connectivity index (χ4n) is 3.24. The van der Waals surface area contributed by atoms with Crippen molar-refractivity contribution in [2.75, 3.05) is 17.7 Å². The van der Waals surface area contributed by atoms with Gasteiger partial charge in [-0.1, -0.05) is 29.4 Å². The summed E-state index contributed by atoms with van der Waals surface area (Å²) >= 11 is 0. The number of para-hydroxylation sites is 1. The number of pyridine rings is 1. The van der Waals surface area contributed by atoms with Crippen LogP contribution >= 0.6 is 0 Å². The molecule has 1 aliphatic carbocycles. The third-order valence-corrected chi connectivity index (χ3v) is 5.01. The lowest BCUT2D eigenvalue weighted by molar-refractivity contribution is 0.430. The smallest absolute Gasteiger partial charge is 0.277 e. The Morgan fingerprint density at radius 2 is 1.83 bits per heavy atom. The minimum Gasteiger partial charge on any atom is -0.368 e. The maximum atomic E-state index is 5.93.